The van der Waals surface area contributed by atoms with Crippen molar-refractivity contribution in [2.24, 2.45) is 0 Å². The molecule has 1 aromatic carbocycles. The molecule has 0 aliphatic carbocycles. The largest absolute Gasteiger partial charge is 0.383 e. The van der Waals surface area contributed by atoms with Crippen molar-refractivity contribution in [1.29, 1.82) is 0 Å². The van der Waals surface area contributed by atoms with Gasteiger partial charge in [-0.3, -0.25) is 4.90 Å². The summed E-state index contributed by atoms with van der Waals surface area (Å²) in [7, 11) is 1.75. The van der Waals surface area contributed by atoms with E-state index in [-0.39, 0.29) is 0 Å². The lowest BCUT2D eigenvalue weighted by Gasteiger charge is -2.35. The molecule has 0 unspecified atom stereocenters. The van der Waals surface area contributed by atoms with Crippen molar-refractivity contribution in [2.75, 3.05) is 56.7 Å². The van der Waals surface area contributed by atoms with Gasteiger partial charge in [0.05, 0.1) is 24.2 Å². The van der Waals surface area contributed by atoms with Crippen LogP contribution in [0.25, 0.3) is 11.0 Å². The summed E-state index contributed by atoms with van der Waals surface area (Å²) in [5.41, 5.74) is 2.02. The van der Waals surface area contributed by atoms with Crippen LogP contribution in [0.4, 0.5) is 11.6 Å². The zero-order valence-corrected chi connectivity index (χ0v) is 15.6. The summed E-state index contributed by atoms with van der Waals surface area (Å²) in [4.78, 5) is 21.4. The van der Waals surface area contributed by atoms with Gasteiger partial charge in [-0.1, -0.05) is 12.1 Å². The quantitative estimate of drug-likeness (QED) is 0.658. The molecule has 2 aromatic heterocycles. The molecule has 8 nitrogen and oxygen atoms in total. The number of methoxy groups -OCH3 is 1. The Morgan fingerprint density at radius 1 is 1.15 bits per heavy atom. The van der Waals surface area contributed by atoms with E-state index in [4.69, 9.17) is 4.74 Å². The molecule has 3 heterocycles. The van der Waals surface area contributed by atoms with Crippen LogP contribution in [0.3, 0.4) is 0 Å². The van der Waals surface area contributed by atoms with Gasteiger partial charge in [0.2, 0.25) is 0 Å². The molecule has 0 spiro atoms. The number of para-hydroxylation sites is 2. The number of aromatic amines is 1. The van der Waals surface area contributed by atoms with E-state index >= 15 is 0 Å². The predicted molar refractivity (Wildman–Crippen MR) is 106 cm³/mol. The number of piperazine rings is 1. The SMILES string of the molecule is COCCN1CCN(c2cc(NCc3nc4ccccc4[nH]3)ncn2)CC1. The lowest BCUT2D eigenvalue weighted by molar-refractivity contribution is 0.144. The predicted octanol–water partition coefficient (Wildman–Crippen LogP) is 1.73. The molecule has 0 radical (unpaired) electrons. The molecule has 0 atom stereocenters. The number of rotatable bonds is 7. The molecule has 4 rings (SSSR count). The average Bonchev–Trinajstić information content (AvgIpc) is 3.14. The number of nitrogens with zero attached hydrogens (tertiary/aromatic N) is 5. The summed E-state index contributed by atoms with van der Waals surface area (Å²) in [5.74, 6) is 2.66. The highest BCUT2D eigenvalue weighted by Crippen LogP contribution is 2.17. The topological polar surface area (TPSA) is 82.2 Å². The molecule has 1 aliphatic heterocycles. The fourth-order valence-electron chi connectivity index (χ4n) is 3.30. The van der Waals surface area contributed by atoms with E-state index in [1.165, 1.54) is 0 Å². The van der Waals surface area contributed by atoms with Crippen LogP contribution in [-0.2, 0) is 11.3 Å². The van der Waals surface area contributed by atoms with Gasteiger partial charge in [0, 0.05) is 45.9 Å². The number of ether oxygens (including phenoxy) is 1. The van der Waals surface area contributed by atoms with E-state index in [2.05, 4.69) is 35.1 Å². The maximum absolute atomic E-state index is 5.16. The summed E-state index contributed by atoms with van der Waals surface area (Å²) in [6, 6.07) is 10.0. The molecule has 27 heavy (non-hydrogen) atoms. The molecule has 1 aliphatic rings. The van der Waals surface area contributed by atoms with Crippen molar-refractivity contribution in [3.63, 3.8) is 0 Å². The van der Waals surface area contributed by atoms with Gasteiger partial charge in [-0.05, 0) is 12.1 Å². The standard InChI is InChI=1S/C19H25N7O/c1-27-11-10-25-6-8-26(9-7-25)19-12-17(21-14-22-19)20-13-18-23-15-4-2-3-5-16(15)24-18/h2-5,12,14H,6-11,13H2,1H3,(H,23,24)(H,20,21,22). The molecule has 0 bridgehead atoms. The Hall–Kier alpha value is -2.71. The molecule has 1 saturated heterocycles. The monoisotopic (exact) mass is 367 g/mol. The van der Waals surface area contributed by atoms with Crippen LogP contribution in [-0.4, -0.2) is 71.3 Å². The Bertz CT molecular complexity index is 840. The van der Waals surface area contributed by atoms with Crippen LogP contribution < -0.4 is 10.2 Å². The van der Waals surface area contributed by atoms with E-state index < -0.39 is 0 Å². The second-order valence-corrected chi connectivity index (χ2v) is 6.64. The number of aromatic nitrogens is 4. The van der Waals surface area contributed by atoms with Gasteiger partial charge in [0.15, 0.2) is 0 Å². The Kier molecular flexibility index (Phi) is 5.45. The van der Waals surface area contributed by atoms with Gasteiger partial charge in [0.25, 0.3) is 0 Å². The first kappa shape index (κ1) is 17.7. The second kappa shape index (κ2) is 8.32. The highest BCUT2D eigenvalue weighted by atomic mass is 16.5. The summed E-state index contributed by atoms with van der Waals surface area (Å²) in [6.45, 7) is 6.33. The summed E-state index contributed by atoms with van der Waals surface area (Å²) in [5, 5.41) is 3.34. The molecule has 142 valence electrons. The van der Waals surface area contributed by atoms with Gasteiger partial charge < -0.3 is 19.9 Å². The molecular formula is C19H25N7O. The third-order valence-corrected chi connectivity index (χ3v) is 4.84. The Morgan fingerprint density at radius 3 is 2.81 bits per heavy atom. The zero-order valence-electron chi connectivity index (χ0n) is 15.6. The Balaban J connectivity index is 1.35. The van der Waals surface area contributed by atoms with Crippen molar-refractivity contribution in [2.45, 2.75) is 6.54 Å². The number of hydrogen-bond acceptors (Lipinski definition) is 7. The van der Waals surface area contributed by atoms with Crippen LogP contribution in [0.5, 0.6) is 0 Å². The first-order valence-corrected chi connectivity index (χ1v) is 9.27. The smallest absolute Gasteiger partial charge is 0.134 e. The molecule has 0 saturated carbocycles. The van der Waals surface area contributed by atoms with Crippen molar-refractivity contribution >= 4 is 22.7 Å². The van der Waals surface area contributed by atoms with Crippen molar-refractivity contribution in [3.05, 3.63) is 42.5 Å². The minimum atomic E-state index is 0.593. The summed E-state index contributed by atoms with van der Waals surface area (Å²) < 4.78 is 5.16. The number of fused-ring (bicyclic) bond motifs is 1. The van der Waals surface area contributed by atoms with Gasteiger partial charge in [0.1, 0.15) is 23.8 Å². The molecule has 3 aromatic rings. The average molecular weight is 367 g/mol. The van der Waals surface area contributed by atoms with E-state index in [0.717, 1.165) is 67.8 Å². The molecule has 0 amide bonds. The number of anilines is 2. The highest BCUT2D eigenvalue weighted by Gasteiger charge is 2.18. The van der Waals surface area contributed by atoms with Gasteiger partial charge in [-0.15, -0.1) is 0 Å². The van der Waals surface area contributed by atoms with Gasteiger partial charge in [-0.2, -0.15) is 0 Å². The number of hydrogen-bond donors (Lipinski definition) is 2. The minimum Gasteiger partial charge on any atom is -0.383 e. The fraction of sp³-hybridized carbons (Fsp3) is 0.421. The van der Waals surface area contributed by atoms with Crippen molar-refractivity contribution < 1.29 is 4.74 Å². The second-order valence-electron chi connectivity index (χ2n) is 6.64. The van der Waals surface area contributed by atoms with Crippen molar-refractivity contribution in [1.82, 2.24) is 24.8 Å². The lowest BCUT2D eigenvalue weighted by Crippen LogP contribution is -2.47. The van der Waals surface area contributed by atoms with Crippen LogP contribution in [0.1, 0.15) is 5.82 Å². The molecule has 8 heteroatoms. The van der Waals surface area contributed by atoms with Crippen LogP contribution in [0, 0.1) is 0 Å². The zero-order chi connectivity index (χ0) is 18.5. The van der Waals surface area contributed by atoms with Crippen LogP contribution in [0.2, 0.25) is 0 Å². The fourth-order valence-corrected chi connectivity index (χ4v) is 3.30. The van der Waals surface area contributed by atoms with Crippen molar-refractivity contribution in [3.8, 4) is 0 Å². The Morgan fingerprint density at radius 2 is 2.00 bits per heavy atom. The summed E-state index contributed by atoms with van der Waals surface area (Å²) >= 11 is 0. The first-order chi connectivity index (χ1) is 13.3. The van der Waals surface area contributed by atoms with E-state index in [0.29, 0.717) is 6.54 Å². The lowest BCUT2D eigenvalue weighted by atomic mass is 10.3. The minimum absolute atomic E-state index is 0.593. The number of benzene rings is 1. The Labute approximate surface area is 158 Å². The third kappa shape index (κ3) is 4.35. The number of H-pyrrole nitrogens is 1. The van der Waals surface area contributed by atoms with Gasteiger partial charge >= 0.3 is 0 Å². The number of imidazole rings is 1. The van der Waals surface area contributed by atoms with E-state index in [1.807, 2.05) is 30.3 Å². The highest BCUT2D eigenvalue weighted by molar-refractivity contribution is 5.74. The summed E-state index contributed by atoms with van der Waals surface area (Å²) in [6.07, 6.45) is 1.62. The van der Waals surface area contributed by atoms with E-state index in [1.54, 1.807) is 13.4 Å². The van der Waals surface area contributed by atoms with E-state index in [9.17, 15) is 0 Å². The maximum Gasteiger partial charge on any atom is 0.134 e. The van der Waals surface area contributed by atoms with Gasteiger partial charge in [-0.25, -0.2) is 15.0 Å². The third-order valence-electron chi connectivity index (χ3n) is 4.84. The number of nitrogens with one attached hydrogen (secondary N) is 2. The normalized spacial score (nSPS) is 15.4. The van der Waals surface area contributed by atoms with Crippen LogP contribution >= 0.6 is 0 Å². The molecule has 1 fully saturated rings. The molecule has 2 N–H and O–H groups in total. The van der Waals surface area contributed by atoms with Crippen LogP contribution in [0.15, 0.2) is 36.7 Å². The molecular weight excluding hydrogens is 342 g/mol. The first-order valence-electron chi connectivity index (χ1n) is 9.27. The maximum atomic E-state index is 5.16.